The van der Waals surface area contributed by atoms with E-state index in [4.69, 9.17) is 9.47 Å². The summed E-state index contributed by atoms with van der Waals surface area (Å²) in [6.45, 7) is 9.35. The van der Waals surface area contributed by atoms with Gasteiger partial charge in [-0.05, 0) is 79.3 Å². The van der Waals surface area contributed by atoms with Crippen molar-refractivity contribution in [3.8, 4) is 11.4 Å². The van der Waals surface area contributed by atoms with E-state index in [2.05, 4.69) is 37.3 Å². The normalized spacial score (nSPS) is 27.1. The highest BCUT2D eigenvalue weighted by molar-refractivity contribution is 7.91. The van der Waals surface area contributed by atoms with Gasteiger partial charge in [0.05, 0.1) is 24.7 Å². The van der Waals surface area contributed by atoms with Crippen molar-refractivity contribution in [2.75, 3.05) is 20.3 Å². The van der Waals surface area contributed by atoms with Crippen LogP contribution in [0.1, 0.15) is 89.4 Å². The summed E-state index contributed by atoms with van der Waals surface area (Å²) in [5.41, 5.74) is -0.683. The van der Waals surface area contributed by atoms with E-state index >= 15 is 0 Å². The fourth-order valence-corrected chi connectivity index (χ4v) is 8.39. The number of fused-ring (bicyclic) bond motifs is 8. The topological polar surface area (TPSA) is 204 Å². The van der Waals surface area contributed by atoms with Gasteiger partial charge in [-0.3, -0.25) is 19.1 Å². The molecule has 6 rings (SSSR count). The highest BCUT2D eigenvalue weighted by Gasteiger charge is 2.62. The number of aromatic nitrogens is 4. The number of ether oxygens (including phenoxy) is 2. The first-order valence-electron chi connectivity index (χ1n) is 17.9. The summed E-state index contributed by atoms with van der Waals surface area (Å²) in [6.07, 6.45) is 5.92. The van der Waals surface area contributed by atoms with Crippen LogP contribution in [0.2, 0.25) is 0 Å². The van der Waals surface area contributed by atoms with Crippen LogP contribution in [0.15, 0.2) is 30.9 Å². The molecule has 2 aromatic rings. The Bertz CT molecular complexity index is 1840. The summed E-state index contributed by atoms with van der Waals surface area (Å²) in [6, 6.07) is 3.43. The third kappa shape index (κ3) is 7.78. The maximum atomic E-state index is 14.5. The van der Waals surface area contributed by atoms with E-state index in [1.807, 2.05) is 18.2 Å². The molecule has 3 fully saturated rings. The molecule has 1 saturated heterocycles. The Hall–Kier alpha value is -4.54. The van der Waals surface area contributed by atoms with Crippen molar-refractivity contribution in [2.45, 2.75) is 107 Å². The molecule has 2 saturated carbocycles. The van der Waals surface area contributed by atoms with Crippen molar-refractivity contribution < 1.29 is 37.1 Å². The number of aryl methyl sites for hydroxylation is 1. The number of nitrogens with one attached hydrogen (secondary N) is 3. The fraction of sp³-hybridized carbons (Fsp3) is 0.629. The summed E-state index contributed by atoms with van der Waals surface area (Å²) in [7, 11) is -2.28. The molecule has 3 N–H and O–H groups in total. The molecule has 2 aliphatic carbocycles. The predicted molar refractivity (Wildman–Crippen MR) is 188 cm³/mol. The monoisotopic (exact) mass is 740 g/mol. The molecule has 6 bridgehead atoms. The molecule has 0 radical (unpaired) electrons. The van der Waals surface area contributed by atoms with E-state index in [9.17, 15) is 27.6 Å². The molecule has 4 amide bonds. The van der Waals surface area contributed by atoms with Gasteiger partial charge in [0.1, 0.15) is 23.4 Å². The number of rotatable bonds is 7. The zero-order chi connectivity index (χ0) is 37.4. The number of tetrazole rings is 1. The molecule has 5 atom stereocenters. The molecule has 17 heteroatoms. The van der Waals surface area contributed by atoms with Crippen LogP contribution in [0.4, 0.5) is 4.79 Å². The number of amides is 4. The van der Waals surface area contributed by atoms with Gasteiger partial charge in [-0.15, -0.1) is 21.6 Å². The molecule has 4 aliphatic rings. The van der Waals surface area contributed by atoms with Gasteiger partial charge in [0.15, 0.2) is 5.82 Å². The second-order valence-corrected chi connectivity index (χ2v) is 17.3. The number of sulfonamides is 1. The largest absolute Gasteiger partial charge is 0.496 e. The highest BCUT2D eigenvalue weighted by atomic mass is 32.2. The minimum absolute atomic E-state index is 0.0138. The summed E-state index contributed by atoms with van der Waals surface area (Å²) in [5.74, 6) is -2.03. The number of benzene rings is 1. The van der Waals surface area contributed by atoms with Gasteiger partial charge in [-0.25, -0.2) is 13.2 Å². The predicted octanol–water partition coefficient (Wildman–Crippen LogP) is 2.28. The molecule has 2 aliphatic heterocycles. The van der Waals surface area contributed by atoms with Gasteiger partial charge in [0, 0.05) is 18.4 Å². The van der Waals surface area contributed by atoms with E-state index in [0.717, 1.165) is 37.0 Å². The van der Waals surface area contributed by atoms with Crippen LogP contribution >= 0.6 is 0 Å². The minimum Gasteiger partial charge on any atom is -0.496 e. The highest BCUT2D eigenvalue weighted by Crippen LogP contribution is 2.46. The van der Waals surface area contributed by atoms with Crippen molar-refractivity contribution in [2.24, 2.45) is 11.3 Å². The lowest BCUT2D eigenvalue weighted by Crippen LogP contribution is -2.60. The average Bonchev–Trinajstić information content (AvgIpc) is 3.97. The first-order valence-corrected chi connectivity index (χ1v) is 19.4. The first kappa shape index (κ1) is 37.2. The molecule has 16 nitrogen and oxygen atoms in total. The number of nitrogens with zero attached hydrogens (tertiary/aromatic N) is 5. The molecule has 52 heavy (non-hydrogen) atoms. The average molecular weight is 741 g/mol. The van der Waals surface area contributed by atoms with Crippen LogP contribution < -0.4 is 20.1 Å². The van der Waals surface area contributed by atoms with Gasteiger partial charge in [-0.2, -0.15) is 0 Å². The maximum absolute atomic E-state index is 14.5. The molecular weight excluding hydrogens is 693 g/mol. The van der Waals surface area contributed by atoms with E-state index in [-0.39, 0.29) is 26.0 Å². The zero-order valence-corrected chi connectivity index (χ0v) is 30.9. The second-order valence-electron chi connectivity index (χ2n) is 15.3. The zero-order valence-electron chi connectivity index (χ0n) is 30.1. The molecule has 1 aromatic carbocycles. The minimum atomic E-state index is -3.89. The summed E-state index contributed by atoms with van der Waals surface area (Å²) >= 11 is 0. The van der Waals surface area contributed by atoms with E-state index in [1.54, 1.807) is 27.9 Å². The Morgan fingerprint density at radius 1 is 1.15 bits per heavy atom. The van der Waals surface area contributed by atoms with Crippen LogP contribution in [0, 0.1) is 11.3 Å². The van der Waals surface area contributed by atoms with Crippen molar-refractivity contribution in [1.82, 2.24) is 40.5 Å². The maximum Gasteiger partial charge on any atom is 0.407 e. The Morgan fingerprint density at radius 2 is 1.90 bits per heavy atom. The number of hydrogen-bond acceptors (Lipinski definition) is 11. The SMILES string of the molecule is C=C[C@@H]1C[C@]1(NC(=O)[C@@H]1C[C@@H]2CN1C(=O)[C@H](C(C)(C)C)NC(=O)OCCCCCCc1cc(ccc1OC)-n1nnc2n1)C(=O)NS(=O)(=O)C1CC1. The van der Waals surface area contributed by atoms with Gasteiger partial charge in [0.2, 0.25) is 21.8 Å². The number of methoxy groups -OCH3 is 1. The van der Waals surface area contributed by atoms with Gasteiger partial charge in [-0.1, -0.05) is 39.7 Å². The Kier molecular flexibility index (Phi) is 10.4. The summed E-state index contributed by atoms with van der Waals surface area (Å²) < 4.78 is 38.6. The van der Waals surface area contributed by atoms with Crippen molar-refractivity contribution in [3.05, 3.63) is 42.2 Å². The van der Waals surface area contributed by atoms with Crippen LogP contribution in [0.5, 0.6) is 5.75 Å². The molecule has 3 heterocycles. The van der Waals surface area contributed by atoms with Gasteiger partial charge >= 0.3 is 6.09 Å². The lowest BCUT2D eigenvalue weighted by atomic mass is 9.85. The lowest BCUT2D eigenvalue weighted by Gasteiger charge is -2.35. The molecule has 282 valence electrons. The van der Waals surface area contributed by atoms with Crippen molar-refractivity contribution in [3.63, 3.8) is 0 Å². The third-order valence-electron chi connectivity index (χ3n) is 10.4. The number of hydrogen-bond donors (Lipinski definition) is 3. The first-order chi connectivity index (χ1) is 24.7. The third-order valence-corrected chi connectivity index (χ3v) is 12.2. The van der Waals surface area contributed by atoms with Gasteiger partial charge in [0.25, 0.3) is 5.91 Å². The molecular formula is C35H48N8O8S. The van der Waals surface area contributed by atoms with Gasteiger partial charge < -0.3 is 25.0 Å². The Balaban J connectivity index is 1.32. The Morgan fingerprint density at radius 3 is 2.58 bits per heavy atom. The van der Waals surface area contributed by atoms with Crippen molar-refractivity contribution >= 4 is 33.8 Å². The number of carbonyl (C=O) groups excluding carboxylic acids is 4. The number of carbonyl (C=O) groups is 4. The number of alkyl carbamates (subject to hydrolysis) is 1. The van der Waals surface area contributed by atoms with E-state index < -0.39 is 74.0 Å². The quantitative estimate of drug-likeness (QED) is 0.352. The lowest BCUT2D eigenvalue weighted by molar-refractivity contribution is -0.142. The smallest absolute Gasteiger partial charge is 0.407 e. The van der Waals surface area contributed by atoms with Crippen LogP contribution in [0.25, 0.3) is 5.69 Å². The van der Waals surface area contributed by atoms with E-state index in [1.165, 1.54) is 15.8 Å². The van der Waals surface area contributed by atoms with Crippen LogP contribution in [-0.2, 0) is 35.6 Å². The van der Waals surface area contributed by atoms with Crippen LogP contribution in [-0.4, -0.2) is 100 Å². The molecule has 1 aromatic heterocycles. The summed E-state index contributed by atoms with van der Waals surface area (Å²) in [4.78, 5) is 58.0. The summed E-state index contributed by atoms with van der Waals surface area (Å²) in [5, 5.41) is 18.2. The van der Waals surface area contributed by atoms with Crippen molar-refractivity contribution in [1.29, 1.82) is 0 Å². The Labute approximate surface area is 303 Å². The second kappa shape index (κ2) is 14.5. The number of cyclic esters (lactones) is 1. The fourth-order valence-electron chi connectivity index (χ4n) is 7.03. The standard InChI is InChI=1S/C35H48N8O8S/c1-6-23-19-35(23,32(46)40-52(48,49)25-13-14-25)37-30(44)26-18-22-20-42(26)31(45)28(34(2,3)4)36-33(47)51-16-10-8-7-9-11-21-17-24(12-15-27(21)50-5)43-39-29(22)38-41-43/h6,12,15,17,22-23,25-26,28H,1,7-11,13-14,16,18-20H2,2-5H3,(H,36,47)(H,37,44)(H,40,46)/t22-,23-,26+,28-,35-/m1/s1. The molecule has 0 spiro atoms. The molecule has 0 unspecified atom stereocenters. The van der Waals surface area contributed by atoms with Crippen LogP contribution in [0.3, 0.4) is 0 Å². The van der Waals surface area contributed by atoms with E-state index in [0.29, 0.717) is 30.8 Å².